The van der Waals surface area contributed by atoms with Crippen molar-refractivity contribution in [2.45, 2.75) is 25.7 Å². The van der Waals surface area contributed by atoms with Crippen molar-refractivity contribution in [3.05, 3.63) is 52.9 Å². The number of nitrogens with two attached hydrogens (primary N) is 1. The highest BCUT2D eigenvalue weighted by Crippen LogP contribution is 2.30. The van der Waals surface area contributed by atoms with Crippen LogP contribution >= 0.6 is 15.9 Å². The molecule has 4 aromatic rings. The summed E-state index contributed by atoms with van der Waals surface area (Å²) in [6, 6.07) is 3.92. The summed E-state index contributed by atoms with van der Waals surface area (Å²) in [4.78, 5) is 4.83. The molecule has 0 aliphatic carbocycles. The normalized spacial score (nSPS) is 11.5. The fraction of sp³-hybridized carbons (Fsp3) is 0.278. The van der Waals surface area contributed by atoms with E-state index in [1.165, 1.54) is 0 Å². The summed E-state index contributed by atoms with van der Waals surface area (Å²) in [6.07, 6.45) is 11.0. The van der Waals surface area contributed by atoms with Gasteiger partial charge in [0.1, 0.15) is 11.6 Å². The van der Waals surface area contributed by atoms with Crippen LogP contribution in [-0.2, 0) is 19.9 Å². The molecule has 0 aliphatic heterocycles. The van der Waals surface area contributed by atoms with Gasteiger partial charge in [0.05, 0.1) is 28.8 Å². The number of hydrogen-bond acceptors (Lipinski definition) is 5. The Morgan fingerprint density at radius 3 is 2.77 bits per heavy atom. The van der Waals surface area contributed by atoms with E-state index in [-0.39, 0.29) is 0 Å². The van der Waals surface area contributed by atoms with E-state index < -0.39 is 0 Å². The van der Waals surface area contributed by atoms with Gasteiger partial charge < -0.3 is 10.2 Å². The molecule has 2 N–H and O–H groups in total. The van der Waals surface area contributed by atoms with Gasteiger partial charge in [-0.25, -0.2) is 4.98 Å². The molecule has 0 saturated carbocycles. The number of halogens is 1. The van der Waals surface area contributed by atoms with Gasteiger partial charge in [-0.3, -0.25) is 4.68 Å². The third kappa shape index (κ3) is 3.12. The number of nitrogen functional groups attached to an aromatic ring is 1. The van der Waals surface area contributed by atoms with Gasteiger partial charge in [0.2, 0.25) is 0 Å². The summed E-state index contributed by atoms with van der Waals surface area (Å²) in [7, 11) is 1.89. The standard InChI is InChI=1S/C18H19BrN6O/c1-24-11-12(9-21-24)14-10-22-25-17(20)16(19)15(23-18(14)25)7-3-2-5-13-6-4-8-26-13/h4,6,8-11H,2-3,5,7,20H2,1H3. The van der Waals surface area contributed by atoms with Crippen molar-refractivity contribution in [2.24, 2.45) is 7.05 Å². The molecule has 8 heteroatoms. The molecule has 4 aromatic heterocycles. The predicted octanol–water partition coefficient (Wildman–Crippen LogP) is 3.63. The lowest BCUT2D eigenvalue weighted by Gasteiger charge is -2.09. The largest absolute Gasteiger partial charge is 0.469 e. The van der Waals surface area contributed by atoms with Crippen LogP contribution in [0.25, 0.3) is 16.8 Å². The highest BCUT2D eigenvalue weighted by molar-refractivity contribution is 9.10. The second-order valence-electron chi connectivity index (χ2n) is 6.24. The highest BCUT2D eigenvalue weighted by atomic mass is 79.9. The van der Waals surface area contributed by atoms with Crippen LogP contribution in [0.2, 0.25) is 0 Å². The zero-order chi connectivity index (χ0) is 18.1. The molecule has 4 heterocycles. The Balaban J connectivity index is 1.59. The van der Waals surface area contributed by atoms with Gasteiger partial charge >= 0.3 is 0 Å². The number of hydrogen-bond donors (Lipinski definition) is 1. The second kappa shape index (κ2) is 6.95. The van der Waals surface area contributed by atoms with E-state index in [4.69, 9.17) is 15.1 Å². The molecule has 0 amide bonds. The first-order valence-electron chi connectivity index (χ1n) is 8.46. The van der Waals surface area contributed by atoms with E-state index in [0.717, 1.165) is 58.4 Å². The number of aromatic nitrogens is 5. The maximum absolute atomic E-state index is 6.27. The third-order valence-electron chi connectivity index (χ3n) is 4.37. The lowest BCUT2D eigenvalue weighted by Crippen LogP contribution is -2.06. The summed E-state index contributed by atoms with van der Waals surface area (Å²) >= 11 is 3.58. The van der Waals surface area contributed by atoms with Crippen molar-refractivity contribution in [3.8, 4) is 11.1 Å². The quantitative estimate of drug-likeness (QED) is 0.486. The Kier molecular flexibility index (Phi) is 4.50. The zero-order valence-electron chi connectivity index (χ0n) is 14.4. The highest BCUT2D eigenvalue weighted by Gasteiger charge is 2.16. The summed E-state index contributed by atoms with van der Waals surface area (Å²) in [5, 5.41) is 8.62. The minimum absolute atomic E-state index is 0.561. The molecule has 134 valence electrons. The van der Waals surface area contributed by atoms with Crippen LogP contribution in [0, 0.1) is 0 Å². The van der Waals surface area contributed by atoms with E-state index in [9.17, 15) is 0 Å². The Hall–Kier alpha value is -2.61. The van der Waals surface area contributed by atoms with E-state index in [1.54, 1.807) is 27.9 Å². The lowest BCUT2D eigenvalue weighted by molar-refractivity contribution is 0.497. The van der Waals surface area contributed by atoms with Crippen LogP contribution < -0.4 is 5.73 Å². The SMILES string of the molecule is Cn1cc(-c2cnn3c(N)c(Br)c(CCCCc4ccco4)nc23)cn1. The Labute approximate surface area is 159 Å². The van der Waals surface area contributed by atoms with Crippen LogP contribution in [0.3, 0.4) is 0 Å². The van der Waals surface area contributed by atoms with Crippen LogP contribution in [0.15, 0.2) is 45.9 Å². The van der Waals surface area contributed by atoms with Crippen LogP contribution in [-0.4, -0.2) is 24.4 Å². The average Bonchev–Trinajstić information content (AvgIpc) is 3.36. The van der Waals surface area contributed by atoms with E-state index in [2.05, 4.69) is 26.1 Å². The van der Waals surface area contributed by atoms with Gasteiger partial charge in [-0.1, -0.05) is 0 Å². The van der Waals surface area contributed by atoms with Crippen molar-refractivity contribution >= 4 is 27.4 Å². The number of aryl methyl sites for hydroxylation is 3. The van der Waals surface area contributed by atoms with Gasteiger partial charge in [0.15, 0.2) is 5.65 Å². The Morgan fingerprint density at radius 2 is 2.04 bits per heavy atom. The smallest absolute Gasteiger partial charge is 0.165 e. The van der Waals surface area contributed by atoms with Crippen molar-refractivity contribution < 1.29 is 4.42 Å². The number of unbranched alkanes of at least 4 members (excludes halogenated alkanes) is 1. The van der Waals surface area contributed by atoms with Crippen molar-refractivity contribution in [1.82, 2.24) is 24.4 Å². The number of fused-ring (bicyclic) bond motifs is 1. The van der Waals surface area contributed by atoms with Gasteiger partial charge in [-0.05, 0) is 47.3 Å². The molecule has 26 heavy (non-hydrogen) atoms. The second-order valence-corrected chi connectivity index (χ2v) is 7.03. The molecular weight excluding hydrogens is 396 g/mol. The number of furan rings is 1. The summed E-state index contributed by atoms with van der Waals surface area (Å²) in [6.45, 7) is 0. The zero-order valence-corrected chi connectivity index (χ0v) is 16.0. The topological polar surface area (TPSA) is 87.2 Å². The predicted molar refractivity (Wildman–Crippen MR) is 103 cm³/mol. The van der Waals surface area contributed by atoms with Gasteiger partial charge in [-0.15, -0.1) is 0 Å². The molecule has 0 bridgehead atoms. The van der Waals surface area contributed by atoms with Gasteiger partial charge in [-0.2, -0.15) is 14.7 Å². The van der Waals surface area contributed by atoms with Gasteiger partial charge in [0.25, 0.3) is 0 Å². The molecule has 0 atom stereocenters. The first-order valence-corrected chi connectivity index (χ1v) is 9.26. The summed E-state index contributed by atoms with van der Waals surface area (Å²) in [5.41, 5.74) is 9.87. The first-order chi connectivity index (χ1) is 12.6. The third-order valence-corrected chi connectivity index (χ3v) is 5.24. The maximum Gasteiger partial charge on any atom is 0.165 e. The molecule has 7 nitrogen and oxygen atoms in total. The molecule has 0 saturated heterocycles. The fourth-order valence-electron chi connectivity index (χ4n) is 3.02. The Morgan fingerprint density at radius 1 is 1.19 bits per heavy atom. The monoisotopic (exact) mass is 414 g/mol. The fourth-order valence-corrected chi connectivity index (χ4v) is 3.47. The summed E-state index contributed by atoms with van der Waals surface area (Å²) in [5.74, 6) is 1.58. The minimum Gasteiger partial charge on any atom is -0.469 e. The van der Waals surface area contributed by atoms with Crippen molar-refractivity contribution in [2.75, 3.05) is 5.73 Å². The molecule has 0 fully saturated rings. The van der Waals surface area contributed by atoms with Gasteiger partial charge in [0, 0.05) is 30.8 Å². The molecule has 0 unspecified atom stereocenters. The minimum atomic E-state index is 0.561. The number of rotatable bonds is 6. The molecule has 0 spiro atoms. The van der Waals surface area contributed by atoms with Crippen molar-refractivity contribution in [1.29, 1.82) is 0 Å². The molecule has 0 aromatic carbocycles. The van der Waals surface area contributed by atoms with Crippen LogP contribution in [0.4, 0.5) is 5.82 Å². The molecular formula is C18H19BrN6O. The number of nitrogens with zero attached hydrogens (tertiary/aromatic N) is 5. The number of anilines is 1. The van der Waals surface area contributed by atoms with E-state index in [0.29, 0.717) is 5.82 Å². The maximum atomic E-state index is 6.27. The lowest BCUT2D eigenvalue weighted by atomic mass is 10.1. The van der Waals surface area contributed by atoms with Crippen molar-refractivity contribution in [3.63, 3.8) is 0 Å². The Bertz CT molecular complexity index is 1030. The van der Waals surface area contributed by atoms with Crippen LogP contribution in [0.1, 0.15) is 24.3 Å². The van der Waals surface area contributed by atoms with E-state index >= 15 is 0 Å². The summed E-state index contributed by atoms with van der Waals surface area (Å²) < 4.78 is 9.61. The van der Waals surface area contributed by atoms with E-state index in [1.807, 2.05) is 25.4 Å². The molecule has 0 radical (unpaired) electrons. The average molecular weight is 415 g/mol. The first kappa shape index (κ1) is 16.8. The molecule has 4 rings (SSSR count). The molecule has 0 aliphatic rings. The van der Waals surface area contributed by atoms with Crippen LogP contribution in [0.5, 0.6) is 0 Å².